The Morgan fingerprint density at radius 3 is 2.34 bits per heavy atom. The first kappa shape index (κ1) is 22.2. The van der Waals surface area contributed by atoms with Crippen molar-refractivity contribution in [2.24, 2.45) is 5.41 Å². The molecule has 0 bridgehead atoms. The SMILES string of the molecule is COc1ccc(NC(c2nc(Cc3ccccc3)c(N3CCOCC3)o2)C(C)(C)C)cc1. The maximum absolute atomic E-state index is 6.50. The van der Waals surface area contributed by atoms with Crippen LogP contribution in [0.1, 0.15) is 44.0 Å². The van der Waals surface area contributed by atoms with Gasteiger partial charge in [-0.2, -0.15) is 0 Å². The zero-order chi connectivity index (χ0) is 22.6. The number of morpholine rings is 1. The molecule has 3 aromatic rings. The van der Waals surface area contributed by atoms with E-state index < -0.39 is 0 Å². The molecular formula is C26H33N3O3. The highest BCUT2D eigenvalue weighted by Gasteiger charge is 2.33. The van der Waals surface area contributed by atoms with E-state index >= 15 is 0 Å². The summed E-state index contributed by atoms with van der Waals surface area (Å²) in [6.07, 6.45) is 0.733. The lowest BCUT2D eigenvalue weighted by molar-refractivity contribution is 0.120. The van der Waals surface area contributed by atoms with Gasteiger partial charge >= 0.3 is 0 Å². The van der Waals surface area contributed by atoms with Gasteiger partial charge in [0.1, 0.15) is 17.5 Å². The molecule has 32 heavy (non-hydrogen) atoms. The van der Waals surface area contributed by atoms with E-state index in [-0.39, 0.29) is 11.5 Å². The normalized spacial score (nSPS) is 15.4. The van der Waals surface area contributed by atoms with Crippen molar-refractivity contribution in [1.29, 1.82) is 0 Å². The van der Waals surface area contributed by atoms with Crippen molar-refractivity contribution in [3.63, 3.8) is 0 Å². The minimum Gasteiger partial charge on any atom is -0.497 e. The van der Waals surface area contributed by atoms with Crippen LogP contribution in [-0.4, -0.2) is 38.4 Å². The van der Waals surface area contributed by atoms with Gasteiger partial charge in [-0.05, 0) is 35.2 Å². The number of anilines is 2. The monoisotopic (exact) mass is 435 g/mol. The number of oxazole rings is 1. The first-order valence-electron chi connectivity index (χ1n) is 11.2. The van der Waals surface area contributed by atoms with Crippen molar-refractivity contribution in [3.8, 4) is 5.75 Å². The highest BCUT2D eigenvalue weighted by Crippen LogP contribution is 2.38. The molecule has 2 aromatic carbocycles. The molecule has 2 heterocycles. The highest BCUT2D eigenvalue weighted by atomic mass is 16.5. The van der Waals surface area contributed by atoms with Crippen LogP contribution in [0.5, 0.6) is 5.75 Å². The number of aromatic nitrogens is 1. The molecule has 170 valence electrons. The number of hydrogen-bond donors (Lipinski definition) is 1. The van der Waals surface area contributed by atoms with E-state index in [1.165, 1.54) is 5.56 Å². The summed E-state index contributed by atoms with van der Waals surface area (Å²) in [6, 6.07) is 18.3. The summed E-state index contributed by atoms with van der Waals surface area (Å²) < 4.78 is 17.4. The Bertz CT molecular complexity index is 987. The maximum atomic E-state index is 6.50. The zero-order valence-electron chi connectivity index (χ0n) is 19.4. The average Bonchev–Trinajstić information content (AvgIpc) is 3.21. The fourth-order valence-corrected chi connectivity index (χ4v) is 3.91. The van der Waals surface area contributed by atoms with Crippen LogP contribution in [-0.2, 0) is 11.2 Å². The van der Waals surface area contributed by atoms with Crippen molar-refractivity contribution >= 4 is 11.6 Å². The molecule has 6 heteroatoms. The molecule has 1 unspecified atom stereocenters. The number of rotatable bonds is 7. The van der Waals surface area contributed by atoms with Gasteiger partial charge in [-0.1, -0.05) is 51.1 Å². The predicted octanol–water partition coefficient (Wildman–Crippen LogP) is 5.31. The maximum Gasteiger partial charge on any atom is 0.220 e. The second kappa shape index (κ2) is 9.65. The molecule has 1 aliphatic heterocycles. The summed E-state index contributed by atoms with van der Waals surface area (Å²) in [7, 11) is 1.68. The Kier molecular flexibility index (Phi) is 6.70. The van der Waals surface area contributed by atoms with Crippen LogP contribution in [0.15, 0.2) is 59.0 Å². The Morgan fingerprint density at radius 2 is 1.72 bits per heavy atom. The van der Waals surface area contributed by atoms with Crippen LogP contribution in [0.4, 0.5) is 11.6 Å². The van der Waals surface area contributed by atoms with Crippen molar-refractivity contribution < 1.29 is 13.9 Å². The molecule has 0 radical (unpaired) electrons. The van der Waals surface area contributed by atoms with E-state index in [2.05, 4.69) is 55.3 Å². The lowest BCUT2D eigenvalue weighted by Gasteiger charge is -2.30. The fourth-order valence-electron chi connectivity index (χ4n) is 3.91. The van der Waals surface area contributed by atoms with Crippen LogP contribution in [0.3, 0.4) is 0 Å². The molecule has 6 nitrogen and oxygen atoms in total. The van der Waals surface area contributed by atoms with Gasteiger partial charge in [0.2, 0.25) is 11.8 Å². The second-order valence-electron chi connectivity index (χ2n) is 9.24. The third-order valence-electron chi connectivity index (χ3n) is 5.72. The van der Waals surface area contributed by atoms with E-state index in [1.54, 1.807) is 7.11 Å². The average molecular weight is 436 g/mol. The number of methoxy groups -OCH3 is 1. The molecule has 1 saturated heterocycles. The minimum atomic E-state index is -0.114. The Hall–Kier alpha value is -2.99. The van der Waals surface area contributed by atoms with Gasteiger partial charge < -0.3 is 24.1 Å². The molecule has 0 aliphatic carbocycles. The second-order valence-corrected chi connectivity index (χ2v) is 9.24. The molecule has 1 N–H and O–H groups in total. The highest BCUT2D eigenvalue weighted by molar-refractivity contribution is 5.49. The van der Waals surface area contributed by atoms with E-state index in [4.69, 9.17) is 18.9 Å². The first-order chi connectivity index (χ1) is 15.4. The van der Waals surface area contributed by atoms with E-state index in [0.29, 0.717) is 19.1 Å². The van der Waals surface area contributed by atoms with Gasteiger partial charge in [0.15, 0.2) is 0 Å². The van der Waals surface area contributed by atoms with Crippen LogP contribution in [0, 0.1) is 5.41 Å². The molecule has 4 rings (SSSR count). The zero-order valence-corrected chi connectivity index (χ0v) is 19.4. The Morgan fingerprint density at radius 1 is 1.03 bits per heavy atom. The van der Waals surface area contributed by atoms with E-state index in [1.807, 2.05) is 30.3 Å². The van der Waals surface area contributed by atoms with Crippen LogP contribution < -0.4 is 15.0 Å². The molecule has 0 amide bonds. The van der Waals surface area contributed by atoms with E-state index in [9.17, 15) is 0 Å². The standard InChI is InChI=1S/C26H33N3O3/c1-26(2,3)23(27-20-10-12-21(30-4)13-11-20)24-28-22(18-19-8-6-5-7-9-19)25(32-24)29-14-16-31-17-15-29/h5-13,23,27H,14-18H2,1-4H3. The van der Waals surface area contributed by atoms with E-state index in [0.717, 1.165) is 42.5 Å². The van der Waals surface area contributed by atoms with Gasteiger partial charge in [0, 0.05) is 25.2 Å². The van der Waals surface area contributed by atoms with Crippen molar-refractivity contribution in [3.05, 3.63) is 71.7 Å². The molecule has 1 fully saturated rings. The summed E-state index contributed by atoms with van der Waals surface area (Å²) in [6.45, 7) is 9.61. The first-order valence-corrected chi connectivity index (χ1v) is 11.2. The molecule has 1 aromatic heterocycles. The van der Waals surface area contributed by atoms with Crippen LogP contribution in [0.2, 0.25) is 0 Å². The molecule has 0 spiro atoms. The lowest BCUT2D eigenvalue weighted by Crippen LogP contribution is -2.36. The largest absolute Gasteiger partial charge is 0.497 e. The smallest absolute Gasteiger partial charge is 0.220 e. The van der Waals surface area contributed by atoms with Crippen LogP contribution in [0.25, 0.3) is 0 Å². The number of ether oxygens (including phenoxy) is 2. The summed E-state index contributed by atoms with van der Waals surface area (Å²) in [4.78, 5) is 7.30. The third-order valence-corrected chi connectivity index (χ3v) is 5.72. The lowest BCUT2D eigenvalue weighted by atomic mass is 9.86. The fraction of sp³-hybridized carbons (Fsp3) is 0.423. The van der Waals surface area contributed by atoms with Gasteiger partial charge in [-0.15, -0.1) is 0 Å². The number of hydrogen-bond acceptors (Lipinski definition) is 6. The van der Waals surface area contributed by atoms with Crippen molar-refractivity contribution in [2.75, 3.05) is 43.6 Å². The molecule has 1 atom stereocenters. The number of nitrogens with zero attached hydrogens (tertiary/aromatic N) is 2. The summed E-state index contributed by atoms with van der Waals surface area (Å²) >= 11 is 0. The quantitative estimate of drug-likeness (QED) is 0.543. The van der Waals surface area contributed by atoms with Gasteiger partial charge in [0.05, 0.1) is 20.3 Å². The molecular weight excluding hydrogens is 402 g/mol. The third kappa shape index (κ3) is 5.25. The Balaban J connectivity index is 1.68. The Labute approximate surface area is 190 Å². The van der Waals surface area contributed by atoms with Gasteiger partial charge in [0.25, 0.3) is 0 Å². The number of benzene rings is 2. The molecule has 0 saturated carbocycles. The van der Waals surface area contributed by atoms with Gasteiger partial charge in [-0.25, -0.2) is 4.98 Å². The minimum absolute atomic E-state index is 0.0970. The van der Waals surface area contributed by atoms with Crippen molar-refractivity contribution in [1.82, 2.24) is 4.98 Å². The van der Waals surface area contributed by atoms with Crippen molar-refractivity contribution in [2.45, 2.75) is 33.2 Å². The van der Waals surface area contributed by atoms with Gasteiger partial charge in [-0.3, -0.25) is 0 Å². The summed E-state index contributed by atoms with van der Waals surface area (Å²) in [5.74, 6) is 2.40. The number of nitrogens with one attached hydrogen (secondary N) is 1. The topological polar surface area (TPSA) is 59.8 Å². The van der Waals surface area contributed by atoms with Crippen LogP contribution >= 0.6 is 0 Å². The molecule has 1 aliphatic rings. The summed E-state index contributed by atoms with van der Waals surface area (Å²) in [5.41, 5.74) is 3.08. The predicted molar refractivity (Wildman–Crippen MR) is 128 cm³/mol. The summed E-state index contributed by atoms with van der Waals surface area (Å²) in [5, 5.41) is 3.64.